The zero-order valence-corrected chi connectivity index (χ0v) is 22.6. The molecule has 37 heavy (non-hydrogen) atoms. The molecular weight excluding hydrogens is 476 g/mol. The van der Waals surface area contributed by atoms with Crippen molar-refractivity contribution in [3.63, 3.8) is 0 Å². The first-order valence-electron chi connectivity index (χ1n) is 12.7. The zero-order chi connectivity index (χ0) is 27.7. The minimum Gasteiger partial charge on any atom is -0.455 e. The molecule has 1 aliphatic heterocycles. The Balaban J connectivity index is 2.21. The van der Waals surface area contributed by atoms with E-state index in [0.717, 1.165) is 5.57 Å². The summed E-state index contributed by atoms with van der Waals surface area (Å²) in [5, 5.41) is 0. The van der Waals surface area contributed by atoms with E-state index in [1.807, 2.05) is 6.92 Å². The highest BCUT2D eigenvalue weighted by Gasteiger charge is 2.71. The highest BCUT2D eigenvalue weighted by Crippen LogP contribution is 2.66. The predicted molar refractivity (Wildman–Crippen MR) is 136 cm³/mol. The molecule has 0 N–H and O–H groups in total. The van der Waals surface area contributed by atoms with Crippen LogP contribution >= 0.6 is 0 Å². The molecule has 1 saturated heterocycles. The summed E-state index contributed by atoms with van der Waals surface area (Å²) < 4.78 is 22.9. The second-order valence-corrected chi connectivity index (χ2v) is 10.6. The summed E-state index contributed by atoms with van der Waals surface area (Å²) in [5.41, 5.74) is -0.153. The van der Waals surface area contributed by atoms with Gasteiger partial charge in [0.25, 0.3) is 0 Å². The Labute approximate surface area is 218 Å². The van der Waals surface area contributed by atoms with Crippen molar-refractivity contribution >= 4 is 23.7 Å². The van der Waals surface area contributed by atoms with Gasteiger partial charge in [0.2, 0.25) is 12.6 Å². The van der Waals surface area contributed by atoms with Gasteiger partial charge in [-0.15, -0.1) is 0 Å². The first-order valence-corrected chi connectivity index (χ1v) is 12.7. The number of rotatable bonds is 8. The molecule has 2 aliphatic carbocycles. The number of carbonyl (C=O) groups excluding carboxylic acids is 4. The predicted octanol–water partition coefficient (Wildman–Crippen LogP) is 4.74. The second-order valence-electron chi connectivity index (χ2n) is 10.6. The van der Waals surface area contributed by atoms with Crippen LogP contribution in [0.25, 0.3) is 0 Å². The van der Waals surface area contributed by atoms with Crippen LogP contribution in [-0.2, 0) is 38.1 Å². The largest absolute Gasteiger partial charge is 0.455 e. The van der Waals surface area contributed by atoms with E-state index in [0.29, 0.717) is 30.4 Å². The van der Waals surface area contributed by atoms with Gasteiger partial charge in [-0.05, 0) is 56.4 Å². The fourth-order valence-corrected chi connectivity index (χ4v) is 6.09. The van der Waals surface area contributed by atoms with Crippen molar-refractivity contribution in [2.24, 2.45) is 22.7 Å². The van der Waals surface area contributed by atoms with E-state index >= 15 is 0 Å². The maximum absolute atomic E-state index is 14.0. The number of ketones is 1. The van der Waals surface area contributed by atoms with Crippen LogP contribution in [0.4, 0.5) is 0 Å². The molecular formula is C29H38O8. The third-order valence-corrected chi connectivity index (χ3v) is 8.44. The van der Waals surface area contributed by atoms with Crippen LogP contribution in [-0.4, -0.2) is 42.4 Å². The van der Waals surface area contributed by atoms with Crippen LogP contribution in [0.5, 0.6) is 0 Å². The Morgan fingerprint density at radius 1 is 1.16 bits per heavy atom. The van der Waals surface area contributed by atoms with Crippen molar-refractivity contribution < 1.29 is 38.1 Å². The van der Waals surface area contributed by atoms with Crippen LogP contribution < -0.4 is 0 Å². The Morgan fingerprint density at radius 3 is 2.38 bits per heavy atom. The third-order valence-electron chi connectivity index (χ3n) is 8.44. The molecule has 8 nitrogen and oxygen atoms in total. The van der Waals surface area contributed by atoms with Crippen LogP contribution in [0.3, 0.4) is 0 Å². The Bertz CT molecular complexity index is 1070. The molecule has 1 heterocycles. The smallest absolute Gasteiger partial charge is 0.333 e. The lowest BCUT2D eigenvalue weighted by molar-refractivity contribution is -0.231. The van der Waals surface area contributed by atoms with Crippen molar-refractivity contribution in [1.82, 2.24) is 0 Å². The maximum Gasteiger partial charge on any atom is 0.333 e. The maximum atomic E-state index is 14.0. The molecule has 0 bridgehead atoms. The molecule has 8 heteroatoms. The van der Waals surface area contributed by atoms with Crippen LogP contribution in [0.1, 0.15) is 67.2 Å². The highest BCUT2D eigenvalue weighted by atomic mass is 16.8. The van der Waals surface area contributed by atoms with Gasteiger partial charge in [-0.3, -0.25) is 19.1 Å². The fourth-order valence-electron chi connectivity index (χ4n) is 6.09. The first kappa shape index (κ1) is 28.6. The van der Waals surface area contributed by atoms with E-state index in [2.05, 4.69) is 20.1 Å². The molecule has 1 saturated carbocycles. The molecule has 0 aromatic carbocycles. The molecule has 0 radical (unpaired) electrons. The van der Waals surface area contributed by atoms with E-state index in [-0.39, 0.29) is 18.1 Å². The van der Waals surface area contributed by atoms with Gasteiger partial charge in [0, 0.05) is 31.4 Å². The van der Waals surface area contributed by atoms with E-state index in [9.17, 15) is 19.2 Å². The van der Waals surface area contributed by atoms with Gasteiger partial charge in [0.15, 0.2) is 0 Å². The number of allylic oxidation sites excluding steroid dienone is 3. The fraction of sp³-hybridized carbons (Fsp3) is 0.586. The number of Topliss-reactive ketones (excluding diaryl/α,β-unsaturated/α-hetero) is 1. The average Bonchev–Trinajstić information content (AvgIpc) is 3.12. The van der Waals surface area contributed by atoms with Gasteiger partial charge in [0.1, 0.15) is 17.3 Å². The minimum atomic E-state index is -1.37. The molecule has 3 aliphatic rings. The van der Waals surface area contributed by atoms with Crippen molar-refractivity contribution in [2.75, 3.05) is 0 Å². The minimum absolute atomic E-state index is 0.0352. The van der Waals surface area contributed by atoms with Gasteiger partial charge >= 0.3 is 17.9 Å². The van der Waals surface area contributed by atoms with Crippen LogP contribution in [0.2, 0.25) is 0 Å². The summed E-state index contributed by atoms with van der Waals surface area (Å²) in [4.78, 5) is 50.9. The first-order chi connectivity index (χ1) is 17.3. The van der Waals surface area contributed by atoms with E-state index < -0.39 is 53.3 Å². The third kappa shape index (κ3) is 5.08. The lowest BCUT2D eigenvalue weighted by Gasteiger charge is -2.57. The Hall–Kier alpha value is -3.00. The topological polar surface area (TPSA) is 105 Å². The Morgan fingerprint density at radius 2 is 1.81 bits per heavy atom. The van der Waals surface area contributed by atoms with Gasteiger partial charge in [-0.25, -0.2) is 4.79 Å². The number of hydrogen-bond acceptors (Lipinski definition) is 8. The van der Waals surface area contributed by atoms with E-state index in [4.69, 9.17) is 18.9 Å². The standard InChI is InChI=1S/C29H38O8/c1-9-16(3)11-12-28(8)18(5)13-24(32)29-22(26(34-19(6)30)37-27(29)35-20(7)31)14-21(15-23(28)29)36-25(33)17(4)10-2/h9-10,14,18,21,23,26-27H,1,3,11-13,15H2,2,4-8H3/b17-10-/t18?,21-,23?,26-,27+,28?,29?/m0/s1. The molecule has 0 aromatic heterocycles. The molecule has 2 fully saturated rings. The SMILES string of the molecule is C=CC(=C)CCC1(C)C(C)CC(=O)C23C(=C[C@H](OC(=O)/C(C)=C\C)CC12)[C@@H](OC(C)=O)O[C@H]3OC(C)=O. The van der Waals surface area contributed by atoms with Gasteiger partial charge in [-0.2, -0.15) is 0 Å². The van der Waals surface area contributed by atoms with Crippen molar-refractivity contribution in [2.45, 2.75) is 85.9 Å². The van der Waals surface area contributed by atoms with E-state index in [1.165, 1.54) is 13.8 Å². The van der Waals surface area contributed by atoms with Crippen molar-refractivity contribution in [3.8, 4) is 0 Å². The lowest BCUT2D eigenvalue weighted by atomic mass is 9.45. The number of esters is 3. The van der Waals surface area contributed by atoms with Gasteiger partial charge < -0.3 is 14.2 Å². The number of ether oxygens (including phenoxy) is 4. The molecule has 0 amide bonds. The van der Waals surface area contributed by atoms with Crippen LogP contribution in [0, 0.1) is 22.7 Å². The Kier molecular flexibility index (Phi) is 8.32. The molecule has 3 rings (SSSR count). The highest BCUT2D eigenvalue weighted by molar-refractivity contribution is 5.92. The van der Waals surface area contributed by atoms with Gasteiger partial charge in [-0.1, -0.05) is 44.7 Å². The van der Waals surface area contributed by atoms with E-state index in [1.54, 1.807) is 32.1 Å². The molecule has 7 atom stereocenters. The van der Waals surface area contributed by atoms with Crippen molar-refractivity contribution in [3.05, 3.63) is 48.1 Å². The molecule has 0 aromatic rings. The average molecular weight is 515 g/mol. The molecule has 1 spiro atoms. The van der Waals surface area contributed by atoms with Gasteiger partial charge in [0.05, 0.1) is 0 Å². The normalized spacial score (nSPS) is 35.0. The summed E-state index contributed by atoms with van der Waals surface area (Å²) in [5.74, 6) is -2.34. The molecule has 202 valence electrons. The monoisotopic (exact) mass is 514 g/mol. The summed E-state index contributed by atoms with van der Waals surface area (Å²) >= 11 is 0. The number of carbonyl (C=O) groups is 4. The summed E-state index contributed by atoms with van der Waals surface area (Å²) in [6, 6.07) is 0. The summed E-state index contributed by atoms with van der Waals surface area (Å²) in [6.45, 7) is 17.9. The lowest BCUT2D eigenvalue weighted by Crippen LogP contribution is -2.61. The summed E-state index contributed by atoms with van der Waals surface area (Å²) in [6.07, 6.45) is 3.65. The second kappa shape index (κ2) is 10.8. The van der Waals surface area contributed by atoms with Crippen molar-refractivity contribution in [1.29, 1.82) is 0 Å². The summed E-state index contributed by atoms with van der Waals surface area (Å²) in [7, 11) is 0. The zero-order valence-electron chi connectivity index (χ0n) is 22.6. The van der Waals surface area contributed by atoms with Crippen LogP contribution in [0.15, 0.2) is 48.1 Å². The molecule has 4 unspecified atom stereocenters. The quantitative estimate of drug-likeness (QED) is 0.150. The number of hydrogen-bond donors (Lipinski definition) is 0.